The van der Waals surface area contributed by atoms with Crippen LogP contribution in [0.3, 0.4) is 0 Å². The number of ether oxygens (including phenoxy) is 2. The zero-order valence-electron chi connectivity index (χ0n) is 24.7. The van der Waals surface area contributed by atoms with Crippen molar-refractivity contribution >= 4 is 46.9 Å². The molecule has 0 heterocycles. The summed E-state index contributed by atoms with van der Waals surface area (Å²) in [5.41, 5.74) is 2.42. The molecule has 9 heteroatoms. The highest BCUT2D eigenvalue weighted by Gasteiger charge is 2.15. The minimum atomic E-state index is -0.487. The molecule has 0 atom stereocenters. The fraction of sp³-hybridized carbons (Fsp3) is 0.171. The van der Waals surface area contributed by atoms with Crippen molar-refractivity contribution in [2.24, 2.45) is 0 Å². The van der Waals surface area contributed by atoms with Crippen LogP contribution in [-0.4, -0.2) is 37.2 Å². The van der Waals surface area contributed by atoms with E-state index in [1.54, 1.807) is 67.8 Å². The fourth-order valence-electron chi connectivity index (χ4n) is 3.99. The molecule has 8 nitrogen and oxygen atoms in total. The van der Waals surface area contributed by atoms with Gasteiger partial charge in [0.25, 0.3) is 11.8 Å². The molecule has 4 aromatic rings. The molecule has 44 heavy (non-hydrogen) atoms. The van der Waals surface area contributed by atoms with Crippen LogP contribution in [0, 0.1) is 0 Å². The molecule has 0 aliphatic rings. The maximum absolute atomic E-state index is 13.3. The lowest BCUT2D eigenvalue weighted by atomic mass is 10.1. The van der Waals surface area contributed by atoms with Crippen LogP contribution >= 0.6 is 11.8 Å². The minimum absolute atomic E-state index is 0.0720. The molecule has 0 aromatic heterocycles. The van der Waals surface area contributed by atoms with Gasteiger partial charge < -0.3 is 25.4 Å². The monoisotopic (exact) mass is 609 g/mol. The smallest absolute Gasteiger partial charge is 0.272 e. The molecule has 0 unspecified atom stereocenters. The van der Waals surface area contributed by atoms with Gasteiger partial charge in [-0.2, -0.15) is 0 Å². The van der Waals surface area contributed by atoms with Crippen LogP contribution in [-0.2, 0) is 9.59 Å². The first-order chi connectivity index (χ1) is 21.4. The lowest BCUT2D eigenvalue weighted by Crippen LogP contribution is -2.30. The van der Waals surface area contributed by atoms with Crippen LogP contribution in [0.2, 0.25) is 0 Å². The Morgan fingerprint density at radius 1 is 0.795 bits per heavy atom. The Morgan fingerprint density at radius 2 is 1.50 bits per heavy atom. The van der Waals surface area contributed by atoms with Gasteiger partial charge >= 0.3 is 0 Å². The van der Waals surface area contributed by atoms with Crippen LogP contribution < -0.4 is 25.4 Å². The standard InChI is InChI=1S/C35H35N3O5S/c1-3-4-21-43-29-17-13-27(14-18-29)36-33(39)24-44-31-19-15-28(16-20-31)37-35(41)32(23-25-9-8-12-30(22-25)42-2)38-34(40)26-10-6-5-7-11-26/h5-20,22-23H,3-4,21,24H2,1-2H3,(H,36,39)(H,37,41)(H,38,40)/b32-23-. The quantitative estimate of drug-likeness (QED) is 0.0807. The number of hydrogen-bond donors (Lipinski definition) is 3. The van der Waals surface area contributed by atoms with Crippen molar-refractivity contribution in [1.82, 2.24) is 5.32 Å². The number of hydrogen-bond acceptors (Lipinski definition) is 6. The van der Waals surface area contributed by atoms with Gasteiger partial charge in [-0.1, -0.05) is 43.7 Å². The fourth-order valence-corrected chi connectivity index (χ4v) is 4.69. The van der Waals surface area contributed by atoms with E-state index in [2.05, 4.69) is 22.9 Å². The maximum atomic E-state index is 13.3. The van der Waals surface area contributed by atoms with Gasteiger partial charge in [0.05, 0.1) is 19.5 Å². The number of nitrogens with one attached hydrogen (secondary N) is 3. The molecule has 0 saturated heterocycles. The largest absolute Gasteiger partial charge is 0.497 e. The van der Waals surface area contributed by atoms with E-state index in [9.17, 15) is 14.4 Å². The van der Waals surface area contributed by atoms with E-state index >= 15 is 0 Å². The summed E-state index contributed by atoms with van der Waals surface area (Å²) in [4.78, 5) is 39.5. The van der Waals surface area contributed by atoms with Crippen molar-refractivity contribution in [2.45, 2.75) is 24.7 Å². The van der Waals surface area contributed by atoms with E-state index in [4.69, 9.17) is 9.47 Å². The Morgan fingerprint density at radius 3 is 2.20 bits per heavy atom. The number of benzene rings is 4. The normalized spacial score (nSPS) is 10.9. The van der Waals surface area contributed by atoms with E-state index in [1.807, 2.05) is 48.5 Å². The van der Waals surface area contributed by atoms with Crippen molar-refractivity contribution in [3.05, 3.63) is 120 Å². The number of carbonyl (C=O) groups is 3. The molecule has 3 amide bonds. The predicted octanol–water partition coefficient (Wildman–Crippen LogP) is 7.01. The first-order valence-electron chi connectivity index (χ1n) is 14.2. The number of methoxy groups -OCH3 is 1. The Balaban J connectivity index is 1.35. The zero-order chi connectivity index (χ0) is 31.1. The molecule has 0 radical (unpaired) electrons. The molecule has 0 spiro atoms. The van der Waals surface area contributed by atoms with Crippen molar-refractivity contribution in [3.63, 3.8) is 0 Å². The summed E-state index contributed by atoms with van der Waals surface area (Å²) in [7, 11) is 1.56. The Labute approximate surface area is 261 Å². The molecule has 0 aliphatic carbocycles. The first kappa shape index (κ1) is 31.9. The number of anilines is 2. The summed E-state index contributed by atoms with van der Waals surface area (Å²) in [6.45, 7) is 2.79. The van der Waals surface area contributed by atoms with E-state index in [-0.39, 0.29) is 17.4 Å². The number of carbonyl (C=O) groups excluding carboxylic acids is 3. The third kappa shape index (κ3) is 10.1. The van der Waals surface area contributed by atoms with Crippen LogP contribution in [0.15, 0.2) is 114 Å². The minimum Gasteiger partial charge on any atom is -0.497 e. The Hall–Kier alpha value is -5.02. The molecule has 4 rings (SSSR count). The van der Waals surface area contributed by atoms with E-state index < -0.39 is 11.8 Å². The molecule has 0 bridgehead atoms. The SMILES string of the molecule is CCCCOc1ccc(NC(=O)CSc2ccc(NC(=O)/C(=C/c3cccc(OC)c3)NC(=O)c3ccccc3)cc2)cc1. The van der Waals surface area contributed by atoms with Crippen molar-refractivity contribution < 1.29 is 23.9 Å². The molecule has 0 fully saturated rings. The third-order valence-corrected chi connectivity index (χ3v) is 7.33. The van der Waals surface area contributed by atoms with E-state index in [0.29, 0.717) is 34.9 Å². The highest BCUT2D eigenvalue weighted by Crippen LogP contribution is 2.22. The lowest BCUT2D eigenvalue weighted by molar-refractivity contribution is -0.114. The highest BCUT2D eigenvalue weighted by molar-refractivity contribution is 8.00. The van der Waals surface area contributed by atoms with Gasteiger partial charge in [-0.15, -0.1) is 11.8 Å². The topological polar surface area (TPSA) is 106 Å². The van der Waals surface area contributed by atoms with Crippen molar-refractivity contribution in [2.75, 3.05) is 30.1 Å². The molecule has 0 saturated carbocycles. The van der Waals surface area contributed by atoms with E-state index in [0.717, 1.165) is 23.5 Å². The molecule has 3 N–H and O–H groups in total. The number of rotatable bonds is 14. The summed E-state index contributed by atoms with van der Waals surface area (Å²) in [5.74, 6) is 0.599. The van der Waals surface area contributed by atoms with Gasteiger partial charge in [0.2, 0.25) is 5.91 Å². The second kappa shape index (κ2) is 16.6. The first-order valence-corrected chi connectivity index (χ1v) is 15.2. The highest BCUT2D eigenvalue weighted by atomic mass is 32.2. The Bertz CT molecular complexity index is 1570. The maximum Gasteiger partial charge on any atom is 0.272 e. The zero-order valence-corrected chi connectivity index (χ0v) is 25.5. The van der Waals surface area contributed by atoms with Crippen LogP contribution in [0.4, 0.5) is 11.4 Å². The van der Waals surface area contributed by atoms with Crippen LogP contribution in [0.5, 0.6) is 11.5 Å². The molecule has 226 valence electrons. The Kier molecular flexibility index (Phi) is 12.0. The van der Waals surface area contributed by atoms with Gasteiger partial charge in [0.15, 0.2) is 0 Å². The van der Waals surface area contributed by atoms with Gasteiger partial charge in [-0.3, -0.25) is 14.4 Å². The van der Waals surface area contributed by atoms with Crippen molar-refractivity contribution in [3.8, 4) is 11.5 Å². The number of amides is 3. The lowest BCUT2D eigenvalue weighted by Gasteiger charge is -2.12. The van der Waals surface area contributed by atoms with Gasteiger partial charge in [0, 0.05) is 21.8 Å². The summed E-state index contributed by atoms with van der Waals surface area (Å²) >= 11 is 1.38. The van der Waals surface area contributed by atoms with Crippen LogP contribution in [0.1, 0.15) is 35.7 Å². The van der Waals surface area contributed by atoms with Crippen LogP contribution in [0.25, 0.3) is 6.08 Å². The number of unbranched alkanes of at least 4 members (excludes halogenated alkanes) is 1. The number of thioether (sulfide) groups is 1. The summed E-state index contributed by atoms with van der Waals surface area (Å²) in [6, 6.07) is 30.3. The average Bonchev–Trinajstić information content (AvgIpc) is 3.05. The van der Waals surface area contributed by atoms with E-state index in [1.165, 1.54) is 11.8 Å². The van der Waals surface area contributed by atoms with Gasteiger partial charge in [-0.05, 0) is 90.9 Å². The summed E-state index contributed by atoms with van der Waals surface area (Å²) < 4.78 is 10.9. The third-order valence-electron chi connectivity index (χ3n) is 6.32. The van der Waals surface area contributed by atoms with Crippen molar-refractivity contribution in [1.29, 1.82) is 0 Å². The second-order valence-electron chi connectivity index (χ2n) is 9.70. The predicted molar refractivity (Wildman–Crippen MR) is 176 cm³/mol. The van der Waals surface area contributed by atoms with Gasteiger partial charge in [-0.25, -0.2) is 0 Å². The summed E-state index contributed by atoms with van der Waals surface area (Å²) in [5, 5.41) is 8.46. The average molecular weight is 610 g/mol. The molecular weight excluding hydrogens is 574 g/mol. The molecule has 4 aromatic carbocycles. The summed E-state index contributed by atoms with van der Waals surface area (Å²) in [6.07, 6.45) is 3.66. The van der Waals surface area contributed by atoms with Gasteiger partial charge in [0.1, 0.15) is 17.2 Å². The molecule has 0 aliphatic heterocycles. The second-order valence-corrected chi connectivity index (χ2v) is 10.7. The molecular formula is C35H35N3O5S.